The van der Waals surface area contributed by atoms with E-state index in [9.17, 15) is 9.59 Å². The first kappa shape index (κ1) is 17.2. The summed E-state index contributed by atoms with van der Waals surface area (Å²) in [5.74, 6) is 0.0806. The lowest BCUT2D eigenvalue weighted by Gasteiger charge is -2.40. The summed E-state index contributed by atoms with van der Waals surface area (Å²) in [4.78, 5) is 29.2. The summed E-state index contributed by atoms with van der Waals surface area (Å²) in [6, 6.07) is 15.3. The third-order valence-electron chi connectivity index (χ3n) is 4.71. The number of amides is 2. The molecule has 1 heterocycles. The van der Waals surface area contributed by atoms with E-state index in [0.717, 1.165) is 11.1 Å². The van der Waals surface area contributed by atoms with Crippen molar-refractivity contribution < 1.29 is 9.59 Å². The molecule has 3 rings (SSSR count). The van der Waals surface area contributed by atoms with Crippen LogP contribution in [0.1, 0.15) is 38.8 Å². The minimum atomic E-state index is -0.00415. The van der Waals surface area contributed by atoms with Crippen molar-refractivity contribution in [2.24, 2.45) is 0 Å². The van der Waals surface area contributed by atoms with Crippen molar-refractivity contribution in [3.8, 4) is 0 Å². The number of piperazine rings is 1. The Morgan fingerprint density at radius 1 is 0.880 bits per heavy atom. The number of nitrogens with zero attached hydrogens (tertiary/aromatic N) is 2. The second-order valence-electron chi connectivity index (χ2n) is 6.84. The molecule has 2 aromatic carbocycles. The minimum absolute atomic E-state index is 0.00415. The maximum atomic E-state index is 12.8. The van der Waals surface area contributed by atoms with Crippen molar-refractivity contribution >= 4 is 11.8 Å². The normalized spacial score (nSPS) is 17.5. The molecule has 0 saturated carbocycles. The Bertz CT molecular complexity index is 800. The zero-order chi connectivity index (χ0) is 18.0. The molecule has 1 aliphatic heterocycles. The van der Waals surface area contributed by atoms with Crippen molar-refractivity contribution in [3.05, 3.63) is 70.8 Å². The zero-order valence-electron chi connectivity index (χ0n) is 15.0. The van der Waals surface area contributed by atoms with Gasteiger partial charge < -0.3 is 9.80 Å². The first-order valence-electron chi connectivity index (χ1n) is 8.69. The van der Waals surface area contributed by atoms with Crippen LogP contribution < -0.4 is 0 Å². The van der Waals surface area contributed by atoms with Gasteiger partial charge in [-0.15, -0.1) is 0 Å². The maximum Gasteiger partial charge on any atom is 0.254 e. The van der Waals surface area contributed by atoms with Crippen LogP contribution in [0.25, 0.3) is 0 Å². The van der Waals surface area contributed by atoms with Gasteiger partial charge in [0.15, 0.2) is 0 Å². The Morgan fingerprint density at radius 2 is 1.44 bits per heavy atom. The van der Waals surface area contributed by atoms with E-state index in [-0.39, 0.29) is 17.9 Å². The number of hydrogen-bond acceptors (Lipinski definition) is 2. The van der Waals surface area contributed by atoms with Crippen LogP contribution in [0.3, 0.4) is 0 Å². The molecule has 2 amide bonds. The lowest BCUT2D eigenvalue weighted by molar-refractivity contribution is 0.0414. The van der Waals surface area contributed by atoms with E-state index in [0.29, 0.717) is 30.8 Å². The van der Waals surface area contributed by atoms with Gasteiger partial charge in [0, 0.05) is 36.8 Å². The highest BCUT2D eigenvalue weighted by atomic mass is 16.2. The lowest BCUT2D eigenvalue weighted by atomic mass is 10.1. The summed E-state index contributed by atoms with van der Waals surface area (Å²) < 4.78 is 0. The quantitative estimate of drug-likeness (QED) is 0.844. The molecular weight excluding hydrogens is 312 g/mol. The number of carbonyl (C=O) groups is 2. The van der Waals surface area contributed by atoms with E-state index < -0.39 is 0 Å². The van der Waals surface area contributed by atoms with Gasteiger partial charge in [-0.25, -0.2) is 0 Å². The van der Waals surface area contributed by atoms with Crippen LogP contribution in [0.4, 0.5) is 0 Å². The molecule has 4 nitrogen and oxygen atoms in total. The average molecular weight is 336 g/mol. The van der Waals surface area contributed by atoms with Crippen molar-refractivity contribution in [1.82, 2.24) is 9.80 Å². The van der Waals surface area contributed by atoms with Crippen LogP contribution in [-0.2, 0) is 0 Å². The fourth-order valence-corrected chi connectivity index (χ4v) is 3.35. The second-order valence-corrected chi connectivity index (χ2v) is 6.84. The molecule has 0 spiro atoms. The molecule has 1 fully saturated rings. The second kappa shape index (κ2) is 7.09. The Hall–Kier alpha value is -2.62. The smallest absolute Gasteiger partial charge is 0.254 e. The molecule has 2 aromatic rings. The molecular formula is C21H24N2O2. The van der Waals surface area contributed by atoms with Gasteiger partial charge in [0.1, 0.15) is 0 Å². The Balaban J connectivity index is 1.70. The highest BCUT2D eigenvalue weighted by Crippen LogP contribution is 2.17. The Kier molecular flexibility index (Phi) is 4.88. The monoisotopic (exact) mass is 336 g/mol. The van der Waals surface area contributed by atoms with Crippen LogP contribution >= 0.6 is 0 Å². The number of aryl methyl sites for hydroxylation is 2. The van der Waals surface area contributed by atoms with E-state index in [4.69, 9.17) is 0 Å². The van der Waals surface area contributed by atoms with Crippen molar-refractivity contribution in [2.75, 3.05) is 19.6 Å². The maximum absolute atomic E-state index is 12.8. The largest absolute Gasteiger partial charge is 0.335 e. The van der Waals surface area contributed by atoms with Gasteiger partial charge in [-0.2, -0.15) is 0 Å². The number of benzene rings is 2. The molecule has 0 aromatic heterocycles. The van der Waals surface area contributed by atoms with Crippen molar-refractivity contribution in [2.45, 2.75) is 26.8 Å². The summed E-state index contributed by atoms with van der Waals surface area (Å²) in [6.07, 6.45) is 0. The fourth-order valence-electron chi connectivity index (χ4n) is 3.35. The zero-order valence-corrected chi connectivity index (χ0v) is 15.0. The first-order valence-corrected chi connectivity index (χ1v) is 8.69. The first-order chi connectivity index (χ1) is 12.0. The standard InChI is InChI=1S/C21H24N2O2/c1-15-6-4-8-18(12-15)20(24)22-10-11-23(17(3)14-22)21(25)19-9-5-7-16(2)13-19/h4-9,12-13,17H,10-11,14H2,1-3H3/t17-/m0/s1. The van der Waals surface area contributed by atoms with E-state index in [1.165, 1.54) is 0 Å². The number of carbonyl (C=O) groups excluding carboxylic acids is 2. The molecule has 1 saturated heterocycles. The van der Waals surface area contributed by atoms with E-state index in [1.807, 2.05) is 79.1 Å². The molecule has 130 valence electrons. The van der Waals surface area contributed by atoms with E-state index in [2.05, 4.69) is 0 Å². The molecule has 1 aliphatic rings. The highest BCUT2D eigenvalue weighted by Gasteiger charge is 2.30. The summed E-state index contributed by atoms with van der Waals surface area (Å²) in [5.41, 5.74) is 3.58. The van der Waals surface area contributed by atoms with Crippen LogP contribution in [0, 0.1) is 13.8 Å². The Morgan fingerprint density at radius 3 is 1.96 bits per heavy atom. The molecule has 0 bridgehead atoms. The third kappa shape index (κ3) is 3.73. The molecule has 25 heavy (non-hydrogen) atoms. The van der Waals surface area contributed by atoms with Crippen LogP contribution in [-0.4, -0.2) is 47.3 Å². The van der Waals surface area contributed by atoms with Gasteiger partial charge in [-0.05, 0) is 45.0 Å². The number of rotatable bonds is 2. The third-order valence-corrected chi connectivity index (χ3v) is 4.71. The summed E-state index contributed by atoms with van der Waals surface area (Å²) in [7, 11) is 0. The number of hydrogen-bond donors (Lipinski definition) is 0. The van der Waals surface area contributed by atoms with E-state index >= 15 is 0 Å². The molecule has 0 aliphatic carbocycles. The van der Waals surface area contributed by atoms with Crippen molar-refractivity contribution in [1.29, 1.82) is 0 Å². The van der Waals surface area contributed by atoms with Gasteiger partial charge in [0.2, 0.25) is 0 Å². The molecule has 1 atom stereocenters. The van der Waals surface area contributed by atoms with Crippen LogP contribution in [0.15, 0.2) is 48.5 Å². The SMILES string of the molecule is Cc1cccc(C(=O)N2CCN(C(=O)c3cccc(C)c3)[C@@H](C)C2)c1. The van der Waals surface area contributed by atoms with E-state index in [1.54, 1.807) is 0 Å². The fraction of sp³-hybridized carbons (Fsp3) is 0.333. The topological polar surface area (TPSA) is 40.6 Å². The van der Waals surface area contributed by atoms with Gasteiger partial charge >= 0.3 is 0 Å². The van der Waals surface area contributed by atoms with Gasteiger partial charge in [-0.3, -0.25) is 9.59 Å². The van der Waals surface area contributed by atoms with Crippen molar-refractivity contribution in [3.63, 3.8) is 0 Å². The minimum Gasteiger partial charge on any atom is -0.335 e. The molecule has 0 N–H and O–H groups in total. The van der Waals surface area contributed by atoms with Crippen LogP contribution in [0.5, 0.6) is 0 Å². The average Bonchev–Trinajstić information content (AvgIpc) is 2.60. The lowest BCUT2D eigenvalue weighted by Crippen LogP contribution is -2.55. The van der Waals surface area contributed by atoms with Crippen LogP contribution in [0.2, 0.25) is 0 Å². The highest BCUT2D eigenvalue weighted by molar-refractivity contribution is 5.96. The predicted octanol–water partition coefficient (Wildman–Crippen LogP) is 3.29. The molecule has 0 unspecified atom stereocenters. The summed E-state index contributed by atoms with van der Waals surface area (Å²) >= 11 is 0. The van der Waals surface area contributed by atoms with Gasteiger partial charge in [0.25, 0.3) is 11.8 Å². The summed E-state index contributed by atoms with van der Waals surface area (Å²) in [6.45, 7) is 7.66. The van der Waals surface area contributed by atoms with Gasteiger partial charge in [-0.1, -0.05) is 35.4 Å². The molecule has 4 heteroatoms. The predicted molar refractivity (Wildman–Crippen MR) is 98.8 cm³/mol. The Labute approximate surface area is 149 Å². The molecule has 0 radical (unpaired) electrons. The van der Waals surface area contributed by atoms with Gasteiger partial charge in [0.05, 0.1) is 0 Å². The summed E-state index contributed by atoms with van der Waals surface area (Å²) in [5, 5.41) is 0.